The summed E-state index contributed by atoms with van der Waals surface area (Å²) in [5, 5.41) is 2.63. The molecule has 1 heteroatoms. The van der Waals surface area contributed by atoms with Gasteiger partial charge in [-0.1, -0.05) is 188 Å². The van der Waals surface area contributed by atoms with Crippen LogP contribution in [0.1, 0.15) is 47.1 Å². The van der Waals surface area contributed by atoms with Crippen LogP contribution in [-0.4, -0.2) is 0 Å². The van der Waals surface area contributed by atoms with Gasteiger partial charge < -0.3 is 0 Å². The molecule has 0 nitrogen and oxygen atoms in total. The van der Waals surface area contributed by atoms with Gasteiger partial charge in [0.15, 0.2) is 0 Å². The van der Waals surface area contributed by atoms with Gasteiger partial charge in [-0.3, -0.25) is 0 Å². The number of hydrogen-bond acceptors (Lipinski definition) is 1. The fourth-order valence-electron chi connectivity index (χ4n) is 7.43. The highest BCUT2D eigenvalue weighted by Crippen LogP contribution is 2.46. The quantitative estimate of drug-likeness (QED) is 0.127. The lowest BCUT2D eigenvalue weighted by Gasteiger charge is -2.20. The second kappa shape index (κ2) is 15.0. The van der Waals surface area contributed by atoms with Crippen LogP contribution in [0.2, 0.25) is 0 Å². The summed E-state index contributed by atoms with van der Waals surface area (Å²) in [5.74, 6) is 0.192. The van der Waals surface area contributed by atoms with E-state index in [0.29, 0.717) is 0 Å². The van der Waals surface area contributed by atoms with Crippen LogP contribution in [0.4, 0.5) is 0 Å². The molecule has 1 heterocycles. The Morgan fingerprint density at radius 2 is 1.43 bits per heavy atom. The minimum atomic E-state index is 0.192. The van der Waals surface area contributed by atoms with E-state index in [9.17, 15) is 0 Å². The molecule has 0 spiro atoms. The summed E-state index contributed by atoms with van der Waals surface area (Å²) in [6.07, 6.45) is 17.8. The van der Waals surface area contributed by atoms with Gasteiger partial charge in [-0.2, -0.15) is 0 Å². The second-order valence-corrected chi connectivity index (χ2v) is 14.1. The Morgan fingerprint density at radius 3 is 2.20 bits per heavy atom. The molecular formula is C50H40S. The lowest BCUT2D eigenvalue weighted by Crippen LogP contribution is -2.03. The molecule has 0 N–H and O–H groups in total. The molecule has 246 valence electrons. The Balaban J connectivity index is 1.32. The van der Waals surface area contributed by atoms with Gasteiger partial charge in [-0.25, -0.2) is 0 Å². The van der Waals surface area contributed by atoms with Gasteiger partial charge in [0, 0.05) is 31.7 Å². The van der Waals surface area contributed by atoms with E-state index in [1.165, 1.54) is 75.8 Å². The molecule has 0 radical (unpaired) electrons. The molecule has 1 atom stereocenters. The first kappa shape index (κ1) is 32.4. The highest BCUT2D eigenvalue weighted by Gasteiger charge is 2.22. The molecule has 1 unspecified atom stereocenters. The standard InChI is InChI=1S/C50H40S/c1-2-3-28-44(42(37-20-9-5-10-21-37)32-31-36-18-7-4-8-19-36)45-34-33-43(49-46-29-15-16-30-47(46)51-50(45)49)40-26-17-27-41(35-40)48(39-24-13-14-25-39)38-22-11-6-12-23-38/h2-13,15-30,32-35,48H,14,31H2,1H3/b3-2-,42-32-,44-28-. The molecular weight excluding hydrogens is 633 g/mol. The average molecular weight is 673 g/mol. The molecule has 51 heavy (non-hydrogen) atoms. The fraction of sp³-hybridized carbons (Fsp3) is 0.0800. The third-order valence-corrected chi connectivity index (χ3v) is 11.0. The van der Waals surface area contributed by atoms with Crippen LogP contribution in [0.15, 0.2) is 200 Å². The van der Waals surface area contributed by atoms with Crippen molar-refractivity contribution < 1.29 is 0 Å². The summed E-state index contributed by atoms with van der Waals surface area (Å²) < 4.78 is 2.62. The average Bonchev–Trinajstić information content (AvgIpc) is 3.86. The predicted octanol–water partition coefficient (Wildman–Crippen LogP) is 14.0. The van der Waals surface area contributed by atoms with Gasteiger partial charge in [0.05, 0.1) is 0 Å². The molecule has 0 saturated carbocycles. The van der Waals surface area contributed by atoms with Crippen molar-refractivity contribution in [1.29, 1.82) is 0 Å². The summed E-state index contributed by atoms with van der Waals surface area (Å²) in [7, 11) is 0. The van der Waals surface area contributed by atoms with Gasteiger partial charge >= 0.3 is 0 Å². The molecule has 0 aliphatic heterocycles. The fourth-order valence-corrected chi connectivity index (χ4v) is 8.69. The Hall–Kier alpha value is -5.76. The van der Waals surface area contributed by atoms with Crippen LogP contribution in [0.25, 0.3) is 42.4 Å². The lowest BCUT2D eigenvalue weighted by atomic mass is 9.83. The first-order chi connectivity index (χ1) is 25.3. The molecule has 8 rings (SSSR count). The SMILES string of the molecule is C\C=C/C=C(/C(=C\Cc1ccccc1)c1ccccc1)c1ccc(-c2cccc(C(C3=CCC=C3)c3ccccc3)c2)c2c1sc1ccccc12. The van der Waals surface area contributed by atoms with E-state index in [1.54, 1.807) is 0 Å². The van der Waals surface area contributed by atoms with Gasteiger partial charge in [-0.15, -0.1) is 11.3 Å². The summed E-state index contributed by atoms with van der Waals surface area (Å²) in [5.41, 5.74) is 12.8. The Kier molecular flexibility index (Phi) is 9.55. The number of thiophene rings is 1. The normalized spacial score (nSPS) is 14.1. The molecule has 6 aromatic carbocycles. The van der Waals surface area contributed by atoms with E-state index in [-0.39, 0.29) is 5.92 Å². The van der Waals surface area contributed by atoms with Crippen LogP contribution >= 0.6 is 11.3 Å². The van der Waals surface area contributed by atoms with E-state index in [2.05, 4.69) is 201 Å². The number of rotatable bonds is 10. The molecule has 0 bridgehead atoms. The van der Waals surface area contributed by atoms with Gasteiger partial charge in [-0.05, 0) is 75.9 Å². The van der Waals surface area contributed by atoms with E-state index >= 15 is 0 Å². The Labute approximate surface area is 305 Å². The number of fused-ring (bicyclic) bond motifs is 3. The lowest BCUT2D eigenvalue weighted by molar-refractivity contribution is 0.979. The zero-order chi connectivity index (χ0) is 34.4. The van der Waals surface area contributed by atoms with Crippen molar-refractivity contribution in [1.82, 2.24) is 0 Å². The second-order valence-electron chi connectivity index (χ2n) is 13.1. The van der Waals surface area contributed by atoms with E-state index in [4.69, 9.17) is 0 Å². The van der Waals surface area contributed by atoms with E-state index < -0.39 is 0 Å². The zero-order valence-corrected chi connectivity index (χ0v) is 29.7. The summed E-state index contributed by atoms with van der Waals surface area (Å²) in [6.45, 7) is 2.09. The topological polar surface area (TPSA) is 0 Å². The van der Waals surface area contributed by atoms with Crippen LogP contribution in [0.3, 0.4) is 0 Å². The molecule has 0 amide bonds. The van der Waals surface area contributed by atoms with Crippen molar-refractivity contribution >= 4 is 42.7 Å². The maximum atomic E-state index is 2.43. The molecule has 0 fully saturated rings. The predicted molar refractivity (Wildman–Crippen MR) is 222 cm³/mol. The van der Waals surface area contributed by atoms with Crippen molar-refractivity contribution in [2.45, 2.75) is 25.7 Å². The molecule has 0 saturated heterocycles. The van der Waals surface area contributed by atoms with Crippen molar-refractivity contribution in [2.24, 2.45) is 0 Å². The van der Waals surface area contributed by atoms with Crippen LogP contribution < -0.4 is 0 Å². The highest BCUT2D eigenvalue weighted by atomic mass is 32.1. The molecule has 1 aliphatic rings. The molecule has 1 aliphatic carbocycles. The van der Waals surface area contributed by atoms with Crippen molar-refractivity contribution in [2.75, 3.05) is 0 Å². The smallest absolute Gasteiger partial charge is 0.0440 e. The van der Waals surface area contributed by atoms with Crippen molar-refractivity contribution in [3.8, 4) is 11.1 Å². The maximum Gasteiger partial charge on any atom is 0.0440 e. The maximum absolute atomic E-state index is 2.43. The summed E-state index contributed by atoms with van der Waals surface area (Å²) in [4.78, 5) is 0. The minimum absolute atomic E-state index is 0.192. The summed E-state index contributed by atoms with van der Waals surface area (Å²) >= 11 is 1.90. The van der Waals surface area contributed by atoms with Crippen LogP contribution in [0, 0.1) is 0 Å². The van der Waals surface area contributed by atoms with Crippen LogP contribution in [0.5, 0.6) is 0 Å². The largest absolute Gasteiger partial charge is 0.135 e. The van der Waals surface area contributed by atoms with Crippen LogP contribution in [-0.2, 0) is 6.42 Å². The Morgan fingerprint density at radius 1 is 0.706 bits per heavy atom. The molecule has 7 aromatic rings. The Bertz CT molecular complexity index is 2450. The summed E-state index contributed by atoms with van der Waals surface area (Å²) in [6, 6.07) is 55.5. The third-order valence-electron chi connectivity index (χ3n) is 9.83. The monoisotopic (exact) mass is 672 g/mol. The van der Waals surface area contributed by atoms with Gasteiger partial charge in [0.25, 0.3) is 0 Å². The minimum Gasteiger partial charge on any atom is -0.135 e. The van der Waals surface area contributed by atoms with E-state index in [0.717, 1.165) is 12.8 Å². The number of benzene rings is 6. The van der Waals surface area contributed by atoms with E-state index in [1.807, 2.05) is 11.3 Å². The van der Waals surface area contributed by atoms with Gasteiger partial charge in [0.1, 0.15) is 0 Å². The first-order valence-electron chi connectivity index (χ1n) is 17.9. The first-order valence-corrected chi connectivity index (χ1v) is 18.7. The third kappa shape index (κ3) is 6.74. The highest BCUT2D eigenvalue weighted by molar-refractivity contribution is 7.26. The van der Waals surface area contributed by atoms with Gasteiger partial charge in [0.2, 0.25) is 0 Å². The van der Waals surface area contributed by atoms with Crippen molar-refractivity contribution in [3.05, 3.63) is 228 Å². The van der Waals surface area contributed by atoms with Crippen molar-refractivity contribution in [3.63, 3.8) is 0 Å². The molecule has 1 aromatic heterocycles. The number of hydrogen-bond donors (Lipinski definition) is 0. The number of allylic oxidation sites excluding steroid dienone is 10. The zero-order valence-electron chi connectivity index (χ0n) is 28.9.